The van der Waals surface area contributed by atoms with Crippen LogP contribution in [0.4, 0.5) is 0 Å². The number of likely N-dealkylation sites (tertiary alicyclic amines) is 1. The van der Waals surface area contributed by atoms with Gasteiger partial charge in [0.2, 0.25) is 0 Å². The van der Waals surface area contributed by atoms with E-state index in [1.807, 2.05) is 0 Å². The van der Waals surface area contributed by atoms with Crippen molar-refractivity contribution in [3.05, 3.63) is 71.8 Å². The van der Waals surface area contributed by atoms with Crippen molar-refractivity contribution >= 4 is 0 Å². The van der Waals surface area contributed by atoms with E-state index < -0.39 is 0 Å². The van der Waals surface area contributed by atoms with Gasteiger partial charge in [-0.15, -0.1) is 0 Å². The molecule has 2 unspecified atom stereocenters. The summed E-state index contributed by atoms with van der Waals surface area (Å²) in [5, 5.41) is 0. The van der Waals surface area contributed by atoms with Crippen LogP contribution in [0.25, 0.3) is 0 Å². The zero-order valence-corrected chi connectivity index (χ0v) is 12.5. The molecule has 2 atom stereocenters. The van der Waals surface area contributed by atoms with E-state index in [2.05, 4.69) is 65.6 Å². The minimum absolute atomic E-state index is 0.490. The number of hydrogen-bond acceptors (Lipinski definition) is 2. The van der Waals surface area contributed by atoms with Crippen molar-refractivity contribution < 1.29 is 0 Å². The summed E-state index contributed by atoms with van der Waals surface area (Å²) < 4.78 is 0. The van der Waals surface area contributed by atoms with Crippen molar-refractivity contribution in [2.75, 3.05) is 13.1 Å². The molecule has 3 rings (SSSR count). The monoisotopic (exact) mass is 280 g/mol. The van der Waals surface area contributed by atoms with Crippen LogP contribution in [-0.4, -0.2) is 24.0 Å². The van der Waals surface area contributed by atoms with E-state index in [0.717, 1.165) is 19.6 Å². The van der Waals surface area contributed by atoms with Crippen molar-refractivity contribution in [3.63, 3.8) is 0 Å². The van der Waals surface area contributed by atoms with Crippen molar-refractivity contribution in [1.29, 1.82) is 0 Å². The molecule has 2 aromatic rings. The summed E-state index contributed by atoms with van der Waals surface area (Å²) in [5.41, 5.74) is 8.90. The number of hydrogen-bond donors (Lipinski definition) is 1. The van der Waals surface area contributed by atoms with Gasteiger partial charge in [0.25, 0.3) is 0 Å². The van der Waals surface area contributed by atoms with Gasteiger partial charge >= 0.3 is 0 Å². The summed E-state index contributed by atoms with van der Waals surface area (Å²) in [6.07, 6.45) is 2.40. The van der Waals surface area contributed by atoms with Crippen LogP contribution in [0, 0.1) is 0 Å². The van der Waals surface area contributed by atoms with Gasteiger partial charge in [-0.25, -0.2) is 0 Å². The molecule has 2 heteroatoms. The first-order chi connectivity index (χ1) is 10.4. The topological polar surface area (TPSA) is 29.3 Å². The fourth-order valence-electron chi connectivity index (χ4n) is 3.40. The molecule has 21 heavy (non-hydrogen) atoms. The Kier molecular flexibility index (Phi) is 4.69. The Morgan fingerprint density at radius 2 is 1.62 bits per heavy atom. The van der Waals surface area contributed by atoms with Gasteiger partial charge in [-0.2, -0.15) is 0 Å². The van der Waals surface area contributed by atoms with Crippen molar-refractivity contribution in [2.24, 2.45) is 5.73 Å². The third-order valence-electron chi connectivity index (χ3n) is 4.61. The molecule has 0 spiro atoms. The summed E-state index contributed by atoms with van der Waals surface area (Å²) in [6, 6.07) is 22.1. The highest BCUT2D eigenvalue weighted by Crippen LogP contribution is 2.31. The van der Waals surface area contributed by atoms with Gasteiger partial charge in [-0.1, -0.05) is 60.7 Å². The average molecular weight is 280 g/mol. The number of piperidine rings is 1. The Morgan fingerprint density at radius 3 is 2.29 bits per heavy atom. The summed E-state index contributed by atoms with van der Waals surface area (Å²) in [5.74, 6) is 0.659. The van der Waals surface area contributed by atoms with Gasteiger partial charge < -0.3 is 5.73 Å². The van der Waals surface area contributed by atoms with E-state index in [1.54, 1.807) is 0 Å². The largest absolute Gasteiger partial charge is 0.329 e. The lowest BCUT2D eigenvalue weighted by molar-refractivity contribution is 0.131. The van der Waals surface area contributed by atoms with Crippen molar-refractivity contribution in [1.82, 2.24) is 4.90 Å². The second kappa shape index (κ2) is 6.88. The van der Waals surface area contributed by atoms with Gasteiger partial charge in [-0.05, 0) is 36.4 Å². The van der Waals surface area contributed by atoms with Gasteiger partial charge in [0.05, 0.1) is 0 Å². The van der Waals surface area contributed by atoms with Crippen LogP contribution >= 0.6 is 0 Å². The van der Waals surface area contributed by atoms with Crippen LogP contribution in [0.2, 0.25) is 0 Å². The third kappa shape index (κ3) is 3.52. The fourth-order valence-corrected chi connectivity index (χ4v) is 3.40. The van der Waals surface area contributed by atoms with Crippen molar-refractivity contribution in [3.8, 4) is 0 Å². The molecule has 110 valence electrons. The predicted octanol–water partition coefficient (Wildman–Crippen LogP) is 3.39. The van der Waals surface area contributed by atoms with E-state index in [-0.39, 0.29) is 0 Å². The molecule has 2 N–H and O–H groups in total. The molecule has 1 aliphatic rings. The molecule has 0 saturated carbocycles. The maximum Gasteiger partial charge on any atom is 0.0237 e. The number of benzene rings is 2. The molecule has 0 bridgehead atoms. The minimum atomic E-state index is 0.490. The third-order valence-corrected chi connectivity index (χ3v) is 4.61. The van der Waals surface area contributed by atoms with Gasteiger partial charge in [-0.3, -0.25) is 4.90 Å². The van der Waals surface area contributed by atoms with Crippen LogP contribution in [-0.2, 0) is 6.54 Å². The molecule has 2 nitrogen and oxygen atoms in total. The lowest BCUT2D eigenvalue weighted by Gasteiger charge is -2.39. The number of nitrogens with zero attached hydrogens (tertiary/aromatic N) is 1. The van der Waals surface area contributed by atoms with E-state index in [4.69, 9.17) is 5.73 Å². The Labute approximate surface area is 127 Å². The van der Waals surface area contributed by atoms with E-state index in [9.17, 15) is 0 Å². The highest BCUT2D eigenvalue weighted by atomic mass is 15.2. The Hall–Kier alpha value is -1.64. The van der Waals surface area contributed by atoms with Gasteiger partial charge in [0, 0.05) is 19.1 Å². The number of nitrogens with two attached hydrogens (primary N) is 1. The summed E-state index contributed by atoms with van der Waals surface area (Å²) in [6.45, 7) is 2.90. The lowest BCUT2D eigenvalue weighted by Crippen LogP contribution is -2.45. The molecular weight excluding hydrogens is 256 g/mol. The normalized spacial score (nSPS) is 23.1. The highest BCUT2D eigenvalue weighted by molar-refractivity contribution is 5.21. The summed E-state index contributed by atoms with van der Waals surface area (Å²) >= 11 is 0. The summed E-state index contributed by atoms with van der Waals surface area (Å²) in [4.78, 5) is 2.55. The minimum Gasteiger partial charge on any atom is -0.329 e. The molecule has 2 aromatic carbocycles. The second-order valence-electron chi connectivity index (χ2n) is 5.98. The van der Waals surface area contributed by atoms with Gasteiger partial charge in [0.1, 0.15) is 0 Å². The smallest absolute Gasteiger partial charge is 0.0237 e. The average Bonchev–Trinajstić information content (AvgIpc) is 2.57. The Bertz CT molecular complexity index is 538. The zero-order chi connectivity index (χ0) is 14.5. The molecule has 1 aliphatic heterocycles. The quantitative estimate of drug-likeness (QED) is 0.930. The SMILES string of the molecule is NCC1CC(c2ccccc2)CCN1Cc1ccccc1. The van der Waals surface area contributed by atoms with E-state index >= 15 is 0 Å². The standard InChI is InChI=1S/C19H24N2/c20-14-19-13-18(17-9-5-2-6-10-17)11-12-21(19)15-16-7-3-1-4-8-16/h1-10,18-19H,11-15,20H2. The Morgan fingerprint density at radius 1 is 0.952 bits per heavy atom. The second-order valence-corrected chi connectivity index (χ2v) is 5.98. The van der Waals surface area contributed by atoms with E-state index in [1.165, 1.54) is 24.0 Å². The van der Waals surface area contributed by atoms with Crippen LogP contribution in [0.3, 0.4) is 0 Å². The molecule has 1 fully saturated rings. The molecule has 0 radical (unpaired) electrons. The first-order valence-corrected chi connectivity index (χ1v) is 7.90. The maximum absolute atomic E-state index is 6.05. The summed E-state index contributed by atoms with van der Waals surface area (Å²) in [7, 11) is 0. The zero-order valence-electron chi connectivity index (χ0n) is 12.5. The first-order valence-electron chi connectivity index (χ1n) is 7.90. The highest BCUT2D eigenvalue weighted by Gasteiger charge is 2.28. The van der Waals surface area contributed by atoms with E-state index in [0.29, 0.717) is 12.0 Å². The predicted molar refractivity (Wildman–Crippen MR) is 88.1 cm³/mol. The van der Waals surface area contributed by atoms with Crippen LogP contribution in [0.5, 0.6) is 0 Å². The Balaban J connectivity index is 1.67. The fraction of sp³-hybridized carbons (Fsp3) is 0.368. The molecular formula is C19H24N2. The van der Waals surface area contributed by atoms with Crippen LogP contribution < -0.4 is 5.73 Å². The van der Waals surface area contributed by atoms with Gasteiger partial charge in [0.15, 0.2) is 0 Å². The maximum atomic E-state index is 6.05. The first kappa shape index (κ1) is 14.3. The van der Waals surface area contributed by atoms with Crippen LogP contribution in [0.15, 0.2) is 60.7 Å². The number of rotatable bonds is 4. The lowest BCUT2D eigenvalue weighted by atomic mass is 9.85. The molecule has 0 aromatic heterocycles. The molecule has 0 amide bonds. The molecule has 1 saturated heterocycles. The van der Waals surface area contributed by atoms with Crippen LogP contribution in [0.1, 0.15) is 29.9 Å². The molecule has 1 heterocycles. The molecule has 0 aliphatic carbocycles. The van der Waals surface area contributed by atoms with Crippen molar-refractivity contribution in [2.45, 2.75) is 31.3 Å².